The molecule has 0 unspecified atom stereocenters. The Morgan fingerprint density at radius 3 is 2.10 bits per heavy atom. The van der Waals surface area contributed by atoms with Gasteiger partial charge in [0.2, 0.25) is 0 Å². The van der Waals surface area contributed by atoms with Gasteiger partial charge in [-0.3, -0.25) is 4.79 Å². The van der Waals surface area contributed by atoms with Gasteiger partial charge in [-0.2, -0.15) is 0 Å². The third kappa shape index (κ3) is 4.53. The van der Waals surface area contributed by atoms with Crippen molar-refractivity contribution in [3.05, 3.63) is 90.5 Å². The van der Waals surface area contributed by atoms with Crippen LogP contribution in [0.15, 0.2) is 79.4 Å². The highest BCUT2D eigenvalue weighted by Gasteiger charge is 1.91. The molecule has 0 amide bonds. The molecule has 0 saturated carbocycles. The predicted molar refractivity (Wildman–Crippen MR) is 79.6 cm³/mol. The maximum Gasteiger partial charge on any atom is 0.150 e. The third-order valence-electron chi connectivity index (χ3n) is 2.70. The summed E-state index contributed by atoms with van der Waals surface area (Å²) in [6.45, 7) is 0.904. The van der Waals surface area contributed by atoms with Crippen LogP contribution >= 0.6 is 0 Å². The van der Waals surface area contributed by atoms with Crippen LogP contribution in [-0.2, 0) is 6.54 Å². The molecule has 2 aromatic carbocycles. The lowest BCUT2D eigenvalue weighted by Crippen LogP contribution is -1.95. The van der Waals surface area contributed by atoms with Crippen molar-refractivity contribution < 1.29 is 4.79 Å². The summed E-state index contributed by atoms with van der Waals surface area (Å²) in [7, 11) is 0. The second kappa shape index (κ2) is 7.69. The number of benzene rings is 2. The number of nitrogens with zero attached hydrogens (tertiary/aromatic N) is 2. The normalized spacial score (nSPS) is 9.40. The first-order valence-electron chi connectivity index (χ1n) is 6.38. The molecule has 0 radical (unpaired) electrons. The highest BCUT2D eigenvalue weighted by Crippen LogP contribution is 2.00. The summed E-state index contributed by atoms with van der Waals surface area (Å²) in [6, 6.07) is 19.4. The van der Waals surface area contributed by atoms with E-state index in [1.807, 2.05) is 48.9 Å². The average molecular weight is 264 g/mol. The van der Waals surface area contributed by atoms with Crippen LogP contribution < -0.4 is 0 Å². The Kier molecular flexibility index (Phi) is 5.28. The third-order valence-corrected chi connectivity index (χ3v) is 2.70. The SMILES string of the molecule is O=Cc1ccccc1.c1ccc(Cn2ccnc2)cc1. The molecule has 3 heteroatoms. The molecule has 1 heterocycles. The van der Waals surface area contributed by atoms with Crippen molar-refractivity contribution in [1.29, 1.82) is 0 Å². The molecule has 3 aromatic rings. The first-order chi connectivity index (χ1) is 9.88. The van der Waals surface area contributed by atoms with E-state index >= 15 is 0 Å². The van der Waals surface area contributed by atoms with Crippen molar-refractivity contribution in [2.24, 2.45) is 0 Å². The fourth-order valence-corrected chi connectivity index (χ4v) is 1.71. The summed E-state index contributed by atoms with van der Waals surface area (Å²) in [5, 5.41) is 0. The minimum Gasteiger partial charge on any atom is -0.333 e. The zero-order valence-corrected chi connectivity index (χ0v) is 11.1. The molecule has 3 rings (SSSR count). The molecule has 0 bridgehead atoms. The zero-order chi connectivity index (χ0) is 14.0. The van der Waals surface area contributed by atoms with E-state index in [4.69, 9.17) is 0 Å². The van der Waals surface area contributed by atoms with Gasteiger partial charge in [-0.15, -0.1) is 0 Å². The van der Waals surface area contributed by atoms with Gasteiger partial charge in [0.05, 0.1) is 6.33 Å². The first-order valence-corrected chi connectivity index (χ1v) is 6.38. The van der Waals surface area contributed by atoms with Crippen molar-refractivity contribution in [1.82, 2.24) is 9.55 Å². The molecule has 0 fully saturated rings. The summed E-state index contributed by atoms with van der Waals surface area (Å²) in [5.74, 6) is 0. The van der Waals surface area contributed by atoms with Crippen molar-refractivity contribution in [3.63, 3.8) is 0 Å². The minimum atomic E-state index is 0.729. The van der Waals surface area contributed by atoms with Crippen molar-refractivity contribution in [3.8, 4) is 0 Å². The van der Waals surface area contributed by atoms with Crippen molar-refractivity contribution >= 4 is 6.29 Å². The van der Waals surface area contributed by atoms with Crippen molar-refractivity contribution in [2.45, 2.75) is 6.54 Å². The molecule has 20 heavy (non-hydrogen) atoms. The van der Waals surface area contributed by atoms with Gasteiger partial charge in [0.25, 0.3) is 0 Å². The summed E-state index contributed by atoms with van der Waals surface area (Å²) in [5.41, 5.74) is 2.03. The highest BCUT2D eigenvalue weighted by atomic mass is 16.1. The van der Waals surface area contributed by atoms with E-state index in [1.54, 1.807) is 18.3 Å². The van der Waals surface area contributed by atoms with Crippen LogP contribution in [-0.4, -0.2) is 15.8 Å². The Bertz CT molecular complexity index is 604. The Morgan fingerprint density at radius 1 is 0.950 bits per heavy atom. The maximum atomic E-state index is 10.0. The van der Waals surface area contributed by atoms with Crippen LogP contribution in [0, 0.1) is 0 Å². The quantitative estimate of drug-likeness (QED) is 0.679. The standard InChI is InChI=1S/C10H10N2.C7H6O/c1-2-4-10(5-3-1)8-12-7-6-11-9-12;8-6-7-4-2-1-3-5-7/h1-7,9H,8H2;1-6H. The molecule has 0 aliphatic heterocycles. The number of rotatable bonds is 3. The van der Waals surface area contributed by atoms with Crippen LogP contribution in [0.2, 0.25) is 0 Å². The topological polar surface area (TPSA) is 34.9 Å². The Balaban J connectivity index is 0.000000160. The first kappa shape index (κ1) is 13.7. The molecule has 0 spiro atoms. The number of aldehydes is 1. The minimum absolute atomic E-state index is 0.729. The zero-order valence-electron chi connectivity index (χ0n) is 11.1. The molecular weight excluding hydrogens is 248 g/mol. The number of aromatic nitrogens is 2. The largest absolute Gasteiger partial charge is 0.333 e. The second-order valence-electron chi connectivity index (χ2n) is 4.25. The Morgan fingerprint density at radius 2 is 1.60 bits per heavy atom. The van der Waals surface area contributed by atoms with Gasteiger partial charge in [-0.25, -0.2) is 4.98 Å². The van der Waals surface area contributed by atoms with Crippen LogP contribution in [0.5, 0.6) is 0 Å². The molecule has 0 aliphatic rings. The van der Waals surface area contributed by atoms with E-state index in [9.17, 15) is 4.79 Å². The average Bonchev–Trinajstić information content (AvgIpc) is 3.03. The van der Waals surface area contributed by atoms with Gasteiger partial charge in [0.1, 0.15) is 6.29 Å². The fourth-order valence-electron chi connectivity index (χ4n) is 1.71. The molecule has 0 saturated heterocycles. The molecular formula is C17H16N2O. The van der Waals surface area contributed by atoms with E-state index in [0.29, 0.717) is 0 Å². The monoisotopic (exact) mass is 264 g/mol. The van der Waals surface area contributed by atoms with Gasteiger partial charge < -0.3 is 4.57 Å². The van der Waals surface area contributed by atoms with E-state index in [2.05, 4.69) is 21.7 Å². The maximum absolute atomic E-state index is 10.0. The summed E-state index contributed by atoms with van der Waals surface area (Å²) >= 11 is 0. The molecule has 0 atom stereocenters. The molecule has 0 N–H and O–H groups in total. The van der Waals surface area contributed by atoms with Crippen molar-refractivity contribution in [2.75, 3.05) is 0 Å². The van der Waals surface area contributed by atoms with Gasteiger partial charge >= 0.3 is 0 Å². The van der Waals surface area contributed by atoms with Gasteiger partial charge in [-0.1, -0.05) is 60.7 Å². The smallest absolute Gasteiger partial charge is 0.150 e. The lowest BCUT2D eigenvalue weighted by molar-refractivity contribution is 0.112. The molecule has 3 nitrogen and oxygen atoms in total. The lowest BCUT2D eigenvalue weighted by atomic mass is 10.2. The fraction of sp³-hybridized carbons (Fsp3) is 0.0588. The van der Waals surface area contributed by atoms with Gasteiger partial charge in [0, 0.05) is 24.5 Å². The van der Waals surface area contributed by atoms with Crippen LogP contribution in [0.4, 0.5) is 0 Å². The summed E-state index contributed by atoms with van der Waals surface area (Å²) in [6.07, 6.45) is 6.42. The van der Waals surface area contributed by atoms with Gasteiger partial charge in [0.15, 0.2) is 0 Å². The highest BCUT2D eigenvalue weighted by molar-refractivity contribution is 5.74. The molecule has 1 aromatic heterocycles. The summed E-state index contributed by atoms with van der Waals surface area (Å²) in [4.78, 5) is 14.0. The summed E-state index contributed by atoms with van der Waals surface area (Å²) < 4.78 is 2.05. The predicted octanol–water partition coefficient (Wildman–Crippen LogP) is 3.43. The number of imidazole rings is 1. The van der Waals surface area contributed by atoms with E-state index in [1.165, 1.54) is 5.56 Å². The van der Waals surface area contributed by atoms with Gasteiger partial charge in [-0.05, 0) is 5.56 Å². The Hall–Kier alpha value is -2.68. The van der Waals surface area contributed by atoms with E-state index in [-0.39, 0.29) is 0 Å². The number of hydrogen-bond acceptors (Lipinski definition) is 2. The van der Waals surface area contributed by atoms with Crippen LogP contribution in [0.25, 0.3) is 0 Å². The van der Waals surface area contributed by atoms with E-state index < -0.39 is 0 Å². The Labute approximate surface area is 118 Å². The van der Waals surface area contributed by atoms with E-state index in [0.717, 1.165) is 18.4 Å². The lowest BCUT2D eigenvalue weighted by Gasteiger charge is -2.00. The van der Waals surface area contributed by atoms with Crippen LogP contribution in [0.3, 0.4) is 0 Å². The molecule has 100 valence electrons. The van der Waals surface area contributed by atoms with Crippen LogP contribution in [0.1, 0.15) is 15.9 Å². The molecule has 0 aliphatic carbocycles. The second-order valence-corrected chi connectivity index (χ2v) is 4.25. The number of carbonyl (C=O) groups excluding carboxylic acids is 1. The number of hydrogen-bond donors (Lipinski definition) is 0. The number of carbonyl (C=O) groups is 1.